The van der Waals surface area contributed by atoms with E-state index in [0.29, 0.717) is 5.69 Å². The number of carbonyl (C=O) groups excluding carboxylic acids is 1. The highest BCUT2D eigenvalue weighted by atomic mass is 32.1. The second kappa shape index (κ2) is 6.20. The Morgan fingerprint density at radius 3 is 2.83 bits per heavy atom. The molecule has 8 heteroatoms. The van der Waals surface area contributed by atoms with Crippen LogP contribution in [-0.2, 0) is 7.05 Å². The molecule has 1 aliphatic rings. The summed E-state index contributed by atoms with van der Waals surface area (Å²) in [6.07, 6.45) is 5.25. The summed E-state index contributed by atoms with van der Waals surface area (Å²) >= 11 is 1.62. The zero-order valence-corrected chi connectivity index (χ0v) is 14.2. The zero-order valence-electron chi connectivity index (χ0n) is 13.3. The van der Waals surface area contributed by atoms with Crippen LogP contribution in [-0.4, -0.2) is 44.8 Å². The monoisotopic (exact) mass is 342 g/mol. The second-order valence-corrected chi connectivity index (χ2v) is 6.85. The van der Waals surface area contributed by atoms with Crippen molar-refractivity contribution in [1.82, 2.24) is 25.1 Å². The minimum absolute atomic E-state index is 0.0577. The van der Waals surface area contributed by atoms with Crippen molar-refractivity contribution in [3.05, 3.63) is 36.3 Å². The smallest absolute Gasteiger partial charge is 0.269 e. The fourth-order valence-corrected chi connectivity index (χ4v) is 3.93. The van der Waals surface area contributed by atoms with Gasteiger partial charge in [0, 0.05) is 38.6 Å². The Labute approximate surface area is 143 Å². The highest BCUT2D eigenvalue weighted by Crippen LogP contribution is 2.29. The molecular weight excluding hydrogens is 324 g/mol. The van der Waals surface area contributed by atoms with E-state index in [0.717, 1.165) is 41.4 Å². The standard InChI is InChI=1S/C16H18N6OS/c1-21-13(4-8-18-21)14(23)19-11-5-9-22(10-6-11)16-20-12-3-2-7-17-15(12)24-16/h2-4,7-8,11H,5-6,9-10H2,1H3,(H,19,23). The first-order valence-electron chi connectivity index (χ1n) is 7.96. The third-order valence-electron chi connectivity index (χ3n) is 4.31. The Bertz CT molecular complexity index is 831. The van der Waals surface area contributed by atoms with Gasteiger partial charge in [0.15, 0.2) is 5.13 Å². The quantitative estimate of drug-likeness (QED) is 0.786. The van der Waals surface area contributed by atoms with Crippen LogP contribution in [0.1, 0.15) is 23.3 Å². The summed E-state index contributed by atoms with van der Waals surface area (Å²) in [4.78, 5) is 24.5. The first kappa shape index (κ1) is 15.1. The molecule has 124 valence electrons. The van der Waals surface area contributed by atoms with E-state index < -0.39 is 0 Å². The number of pyridine rings is 1. The van der Waals surface area contributed by atoms with Gasteiger partial charge in [-0.3, -0.25) is 9.48 Å². The van der Waals surface area contributed by atoms with Crippen molar-refractivity contribution in [2.75, 3.05) is 18.0 Å². The van der Waals surface area contributed by atoms with E-state index >= 15 is 0 Å². The van der Waals surface area contributed by atoms with Crippen LogP contribution < -0.4 is 10.2 Å². The van der Waals surface area contributed by atoms with E-state index in [1.807, 2.05) is 12.1 Å². The van der Waals surface area contributed by atoms with Gasteiger partial charge in [-0.1, -0.05) is 11.3 Å². The molecule has 7 nitrogen and oxygen atoms in total. The molecule has 1 fully saturated rings. The molecule has 1 N–H and O–H groups in total. The molecule has 0 spiro atoms. The molecule has 4 heterocycles. The van der Waals surface area contributed by atoms with Crippen molar-refractivity contribution in [2.45, 2.75) is 18.9 Å². The summed E-state index contributed by atoms with van der Waals surface area (Å²) in [6.45, 7) is 1.77. The molecule has 0 saturated carbocycles. The van der Waals surface area contributed by atoms with Gasteiger partial charge in [0.05, 0.1) is 0 Å². The fourth-order valence-electron chi connectivity index (χ4n) is 2.96. The van der Waals surface area contributed by atoms with Crippen LogP contribution in [0.5, 0.6) is 0 Å². The first-order valence-corrected chi connectivity index (χ1v) is 8.78. The topological polar surface area (TPSA) is 75.9 Å². The molecule has 0 aromatic carbocycles. The molecule has 3 aromatic heterocycles. The minimum Gasteiger partial charge on any atom is -0.348 e. The number of nitrogens with zero attached hydrogens (tertiary/aromatic N) is 5. The SMILES string of the molecule is Cn1nccc1C(=O)NC1CCN(c2nc3cccnc3s2)CC1. The summed E-state index contributed by atoms with van der Waals surface area (Å²) in [5, 5.41) is 8.16. The highest BCUT2D eigenvalue weighted by molar-refractivity contribution is 7.21. The predicted octanol–water partition coefficient (Wildman–Crippen LogP) is 1.82. The molecule has 1 aliphatic heterocycles. The normalized spacial score (nSPS) is 15.8. The van der Waals surface area contributed by atoms with Gasteiger partial charge in [0.1, 0.15) is 16.0 Å². The third-order valence-corrected chi connectivity index (χ3v) is 5.35. The van der Waals surface area contributed by atoms with Crippen molar-refractivity contribution in [2.24, 2.45) is 7.05 Å². The van der Waals surface area contributed by atoms with Gasteiger partial charge < -0.3 is 10.2 Å². The third kappa shape index (κ3) is 2.84. The molecule has 1 saturated heterocycles. The lowest BCUT2D eigenvalue weighted by Gasteiger charge is -2.32. The summed E-state index contributed by atoms with van der Waals surface area (Å²) in [5.41, 5.74) is 1.54. The summed E-state index contributed by atoms with van der Waals surface area (Å²) in [7, 11) is 1.78. The van der Waals surface area contributed by atoms with Crippen LogP contribution >= 0.6 is 11.3 Å². The lowest BCUT2D eigenvalue weighted by atomic mass is 10.1. The molecule has 0 bridgehead atoms. The molecule has 0 radical (unpaired) electrons. The van der Waals surface area contributed by atoms with E-state index in [2.05, 4.69) is 25.3 Å². The highest BCUT2D eigenvalue weighted by Gasteiger charge is 2.24. The largest absolute Gasteiger partial charge is 0.348 e. The maximum atomic E-state index is 12.3. The predicted molar refractivity (Wildman–Crippen MR) is 93.3 cm³/mol. The molecule has 3 aromatic rings. The maximum Gasteiger partial charge on any atom is 0.269 e. The summed E-state index contributed by atoms with van der Waals surface area (Å²) < 4.78 is 1.60. The summed E-state index contributed by atoms with van der Waals surface area (Å²) in [5.74, 6) is -0.0577. The van der Waals surface area contributed by atoms with Gasteiger partial charge in [-0.05, 0) is 31.0 Å². The maximum absolute atomic E-state index is 12.3. The molecule has 0 atom stereocenters. The van der Waals surface area contributed by atoms with Crippen LogP contribution in [0.4, 0.5) is 5.13 Å². The number of nitrogens with one attached hydrogen (secondary N) is 1. The van der Waals surface area contributed by atoms with E-state index in [-0.39, 0.29) is 11.9 Å². The van der Waals surface area contributed by atoms with Crippen LogP contribution in [0.25, 0.3) is 10.3 Å². The average Bonchev–Trinajstić information content (AvgIpc) is 3.21. The number of fused-ring (bicyclic) bond motifs is 1. The Balaban J connectivity index is 1.38. The number of piperidine rings is 1. The number of hydrogen-bond donors (Lipinski definition) is 1. The Morgan fingerprint density at radius 2 is 2.12 bits per heavy atom. The number of carbonyl (C=O) groups is 1. The summed E-state index contributed by atoms with van der Waals surface area (Å²) in [6, 6.07) is 5.82. The van der Waals surface area contributed by atoms with Crippen LogP contribution in [0.3, 0.4) is 0 Å². The number of hydrogen-bond acceptors (Lipinski definition) is 6. The van der Waals surface area contributed by atoms with Crippen molar-refractivity contribution in [3.63, 3.8) is 0 Å². The van der Waals surface area contributed by atoms with Crippen molar-refractivity contribution >= 4 is 32.7 Å². The zero-order chi connectivity index (χ0) is 16.5. The lowest BCUT2D eigenvalue weighted by Crippen LogP contribution is -2.45. The van der Waals surface area contributed by atoms with E-state index in [1.54, 1.807) is 41.5 Å². The molecule has 24 heavy (non-hydrogen) atoms. The average molecular weight is 342 g/mol. The van der Waals surface area contributed by atoms with Gasteiger partial charge in [0.25, 0.3) is 5.91 Å². The Morgan fingerprint density at radius 1 is 1.29 bits per heavy atom. The van der Waals surface area contributed by atoms with Crippen molar-refractivity contribution in [3.8, 4) is 0 Å². The number of aromatic nitrogens is 4. The Kier molecular flexibility index (Phi) is 3.89. The molecule has 0 unspecified atom stereocenters. The van der Waals surface area contributed by atoms with E-state index in [1.165, 1.54) is 0 Å². The molecular formula is C16H18N6OS. The minimum atomic E-state index is -0.0577. The van der Waals surface area contributed by atoms with Gasteiger partial charge in [0.2, 0.25) is 0 Å². The van der Waals surface area contributed by atoms with Crippen LogP contribution in [0.15, 0.2) is 30.6 Å². The van der Waals surface area contributed by atoms with Gasteiger partial charge in [-0.25, -0.2) is 9.97 Å². The van der Waals surface area contributed by atoms with Gasteiger partial charge in [-0.2, -0.15) is 5.10 Å². The number of aryl methyl sites for hydroxylation is 1. The van der Waals surface area contributed by atoms with Crippen LogP contribution in [0.2, 0.25) is 0 Å². The molecule has 0 aliphatic carbocycles. The molecule has 1 amide bonds. The molecule has 4 rings (SSSR count). The second-order valence-electron chi connectivity index (χ2n) is 5.90. The Hall–Kier alpha value is -2.48. The van der Waals surface area contributed by atoms with Gasteiger partial charge in [-0.15, -0.1) is 0 Å². The van der Waals surface area contributed by atoms with Crippen LogP contribution in [0, 0.1) is 0 Å². The number of thiazole rings is 1. The van der Waals surface area contributed by atoms with E-state index in [9.17, 15) is 4.79 Å². The first-order chi connectivity index (χ1) is 11.7. The van der Waals surface area contributed by atoms with Gasteiger partial charge >= 0.3 is 0 Å². The number of rotatable bonds is 3. The van der Waals surface area contributed by atoms with E-state index in [4.69, 9.17) is 0 Å². The fraction of sp³-hybridized carbons (Fsp3) is 0.375. The number of amides is 1. The van der Waals surface area contributed by atoms with Crippen molar-refractivity contribution in [1.29, 1.82) is 0 Å². The van der Waals surface area contributed by atoms with Crippen molar-refractivity contribution < 1.29 is 4.79 Å². The number of anilines is 1. The lowest BCUT2D eigenvalue weighted by molar-refractivity contribution is 0.0921.